The molecule has 0 atom stereocenters. The van der Waals surface area contributed by atoms with Crippen molar-refractivity contribution in [1.29, 1.82) is 0 Å². The van der Waals surface area contributed by atoms with Crippen LogP contribution in [0.15, 0.2) is 76.1 Å². The molecule has 0 N–H and O–H groups in total. The average molecular weight is 359 g/mol. The van der Waals surface area contributed by atoms with Crippen LogP contribution in [-0.2, 0) is 0 Å². The Morgan fingerprint density at radius 3 is 2.00 bits per heavy atom. The lowest BCUT2D eigenvalue weighted by Crippen LogP contribution is -2.02. The van der Waals surface area contributed by atoms with Gasteiger partial charge in [0.25, 0.3) is 0 Å². The Bertz CT molecular complexity index is 1090. The molecule has 0 unspecified atom stereocenters. The molecule has 27 heavy (non-hydrogen) atoms. The molecule has 0 aliphatic heterocycles. The van der Waals surface area contributed by atoms with Gasteiger partial charge in [-0.15, -0.1) is 9.81 Å². The summed E-state index contributed by atoms with van der Waals surface area (Å²) in [5.41, 5.74) is 0.782. The molecular formula is C20H13N3O4. The van der Waals surface area contributed by atoms with Gasteiger partial charge in [0.1, 0.15) is 0 Å². The van der Waals surface area contributed by atoms with Gasteiger partial charge in [-0.2, -0.15) is 0 Å². The Kier molecular flexibility index (Phi) is 5.03. The zero-order chi connectivity index (χ0) is 19.4. The zero-order valence-corrected chi connectivity index (χ0v) is 14.2. The van der Waals surface area contributed by atoms with Crippen LogP contribution in [0.2, 0.25) is 0 Å². The third kappa shape index (κ3) is 3.57. The summed E-state index contributed by atoms with van der Waals surface area (Å²) < 4.78 is 0. The largest absolute Gasteiger partial charge is 0.289 e. The second-order valence-corrected chi connectivity index (χ2v) is 5.81. The van der Waals surface area contributed by atoms with E-state index in [1.807, 2.05) is 12.1 Å². The molecule has 0 radical (unpaired) electrons. The number of aromatic nitrogens is 1. The molecular weight excluding hydrogens is 346 g/mol. The van der Waals surface area contributed by atoms with Crippen molar-refractivity contribution in [3.05, 3.63) is 97.7 Å². The van der Waals surface area contributed by atoms with E-state index in [1.165, 1.54) is 6.07 Å². The van der Waals surface area contributed by atoms with E-state index in [1.54, 1.807) is 43.6 Å². The molecule has 1 aromatic heterocycles. The van der Waals surface area contributed by atoms with Crippen molar-refractivity contribution < 1.29 is 4.79 Å². The molecule has 0 aliphatic rings. The van der Waals surface area contributed by atoms with E-state index < -0.39 is 22.6 Å². The maximum absolute atomic E-state index is 12.9. The molecule has 0 aliphatic carbocycles. The lowest BCUT2D eigenvalue weighted by Gasteiger charge is -2.05. The summed E-state index contributed by atoms with van der Waals surface area (Å²) in [7, 11) is 0. The lowest BCUT2D eigenvalue weighted by molar-refractivity contribution is 0.103. The number of nitrogens with zero attached hydrogens (tertiary/aromatic N) is 3. The molecule has 0 saturated carbocycles. The summed E-state index contributed by atoms with van der Waals surface area (Å²) in [6.07, 6.45) is 3.35. The first-order chi connectivity index (χ1) is 13.0. The van der Waals surface area contributed by atoms with Crippen LogP contribution in [0.5, 0.6) is 0 Å². The summed E-state index contributed by atoms with van der Waals surface area (Å²) in [4.78, 5) is 50.6. The normalized spacial score (nSPS) is 10.3. The van der Waals surface area contributed by atoms with Gasteiger partial charge in [-0.1, -0.05) is 24.3 Å². The van der Waals surface area contributed by atoms with E-state index in [4.69, 9.17) is 0 Å². The maximum Gasteiger partial charge on any atom is 0.236 e. The highest BCUT2D eigenvalue weighted by Crippen LogP contribution is 2.23. The number of ketones is 1. The van der Waals surface area contributed by atoms with E-state index in [0.29, 0.717) is 11.1 Å². The smallest absolute Gasteiger partial charge is 0.236 e. The molecule has 0 bridgehead atoms. The van der Waals surface area contributed by atoms with Gasteiger partial charge in [0.05, 0.1) is 0 Å². The first kappa shape index (κ1) is 17.9. The fraction of sp³-hybridized carbons (Fsp3) is 0.0500. The van der Waals surface area contributed by atoms with Crippen molar-refractivity contribution in [2.75, 3.05) is 0 Å². The molecule has 132 valence electrons. The summed E-state index contributed by atoms with van der Waals surface area (Å²) in [5.74, 6) is -0.397. The van der Waals surface area contributed by atoms with Crippen LogP contribution in [0.4, 0.5) is 11.4 Å². The maximum atomic E-state index is 12.9. The number of nitroso groups, excluding NO2 is 2. The minimum atomic E-state index is -0.907. The van der Waals surface area contributed by atoms with Crippen LogP contribution >= 0.6 is 0 Å². The first-order valence-corrected chi connectivity index (χ1v) is 7.96. The lowest BCUT2D eigenvalue weighted by atomic mass is 9.98. The monoisotopic (exact) mass is 359 g/mol. The van der Waals surface area contributed by atoms with E-state index in [2.05, 4.69) is 15.3 Å². The fourth-order valence-electron chi connectivity index (χ4n) is 2.69. The minimum absolute atomic E-state index is 0.105. The molecule has 0 fully saturated rings. The number of hydrogen-bond acceptors (Lipinski definition) is 7. The highest BCUT2D eigenvalue weighted by molar-refractivity contribution is 6.10. The quantitative estimate of drug-likeness (QED) is 0.494. The SMILES string of the molecule is Cc1cc(N=O)c(=O)c(N=O)cc1C(=O)c1ccc(-c2ccncc2)cc1. The number of rotatable bonds is 5. The van der Waals surface area contributed by atoms with Crippen LogP contribution in [0.3, 0.4) is 0 Å². The third-order valence-electron chi connectivity index (χ3n) is 4.13. The predicted octanol–water partition coefficient (Wildman–Crippen LogP) is 4.44. The van der Waals surface area contributed by atoms with E-state index >= 15 is 0 Å². The highest BCUT2D eigenvalue weighted by atomic mass is 16.3. The third-order valence-corrected chi connectivity index (χ3v) is 4.13. The van der Waals surface area contributed by atoms with Crippen molar-refractivity contribution in [3.63, 3.8) is 0 Å². The van der Waals surface area contributed by atoms with Gasteiger partial charge in [0.15, 0.2) is 17.2 Å². The van der Waals surface area contributed by atoms with Crippen molar-refractivity contribution in [2.24, 2.45) is 10.4 Å². The Labute approximate surface area is 153 Å². The molecule has 3 rings (SSSR count). The van der Waals surface area contributed by atoms with Crippen LogP contribution in [-0.4, -0.2) is 10.8 Å². The summed E-state index contributed by atoms with van der Waals surface area (Å²) >= 11 is 0. The van der Waals surface area contributed by atoms with Crippen LogP contribution in [0.1, 0.15) is 21.5 Å². The topological polar surface area (TPSA) is 106 Å². The van der Waals surface area contributed by atoms with Crippen LogP contribution in [0.25, 0.3) is 11.1 Å². The first-order valence-electron chi connectivity index (χ1n) is 7.96. The van der Waals surface area contributed by atoms with Crippen molar-refractivity contribution in [2.45, 2.75) is 6.92 Å². The number of benzene rings is 1. The molecule has 0 saturated heterocycles. The summed E-state index contributed by atoms with van der Waals surface area (Å²) in [6, 6.07) is 12.9. The molecule has 7 nitrogen and oxygen atoms in total. The highest BCUT2D eigenvalue weighted by Gasteiger charge is 2.16. The Hall–Kier alpha value is -3.87. The van der Waals surface area contributed by atoms with Gasteiger partial charge in [-0.3, -0.25) is 14.6 Å². The molecule has 1 heterocycles. The van der Waals surface area contributed by atoms with Gasteiger partial charge >= 0.3 is 0 Å². The number of carbonyl (C=O) groups excluding carboxylic acids is 1. The number of aryl methyl sites for hydroxylation is 1. The van der Waals surface area contributed by atoms with Crippen LogP contribution in [0, 0.1) is 16.7 Å². The van der Waals surface area contributed by atoms with Gasteiger partial charge in [-0.05, 0) is 58.2 Å². The van der Waals surface area contributed by atoms with E-state index in [-0.39, 0.29) is 5.56 Å². The molecule has 7 heteroatoms. The fourth-order valence-corrected chi connectivity index (χ4v) is 2.69. The van der Waals surface area contributed by atoms with Crippen molar-refractivity contribution >= 4 is 17.2 Å². The standard InChI is InChI=1S/C20H13N3O4/c1-12-10-17(22-26)20(25)18(23-27)11-16(12)19(24)15-4-2-13(3-5-15)14-6-8-21-9-7-14/h2-11H,1H3. The summed E-state index contributed by atoms with van der Waals surface area (Å²) in [5, 5.41) is 5.25. The molecule has 2 aromatic carbocycles. The van der Waals surface area contributed by atoms with E-state index in [9.17, 15) is 19.4 Å². The number of pyridine rings is 1. The Morgan fingerprint density at radius 1 is 0.852 bits per heavy atom. The van der Waals surface area contributed by atoms with E-state index in [0.717, 1.165) is 17.2 Å². The van der Waals surface area contributed by atoms with Gasteiger partial charge < -0.3 is 0 Å². The Morgan fingerprint density at radius 2 is 1.41 bits per heavy atom. The molecule has 0 amide bonds. The summed E-state index contributed by atoms with van der Waals surface area (Å²) in [6.45, 7) is 1.56. The van der Waals surface area contributed by atoms with Crippen molar-refractivity contribution in [3.8, 4) is 11.1 Å². The predicted molar refractivity (Wildman–Crippen MR) is 101 cm³/mol. The minimum Gasteiger partial charge on any atom is -0.289 e. The molecule has 0 spiro atoms. The number of hydrogen-bond donors (Lipinski definition) is 0. The second-order valence-electron chi connectivity index (χ2n) is 5.81. The average Bonchev–Trinajstić information content (AvgIpc) is 2.84. The van der Waals surface area contributed by atoms with Crippen LogP contribution < -0.4 is 5.43 Å². The van der Waals surface area contributed by atoms with Gasteiger partial charge in [-0.25, -0.2) is 0 Å². The Balaban J connectivity index is 2.06. The molecule has 3 aromatic rings. The second kappa shape index (κ2) is 7.57. The zero-order valence-electron chi connectivity index (χ0n) is 14.2. The van der Waals surface area contributed by atoms with Gasteiger partial charge in [0.2, 0.25) is 5.43 Å². The van der Waals surface area contributed by atoms with Crippen molar-refractivity contribution in [1.82, 2.24) is 4.98 Å². The van der Waals surface area contributed by atoms with Gasteiger partial charge in [0, 0.05) is 23.5 Å². The number of carbonyl (C=O) groups is 1.